The second kappa shape index (κ2) is 9.34. The number of aliphatic hydroxyl groups is 1. The van der Waals surface area contributed by atoms with Crippen molar-refractivity contribution < 1.29 is 27.8 Å². The fraction of sp³-hybridized carbons (Fsp3) is 0.429. The van der Waals surface area contributed by atoms with Gasteiger partial charge >= 0.3 is 6.18 Å². The molecule has 1 saturated heterocycles. The van der Waals surface area contributed by atoms with E-state index in [9.17, 15) is 23.1 Å². The zero-order valence-electron chi connectivity index (χ0n) is 16.5. The van der Waals surface area contributed by atoms with Crippen LogP contribution in [-0.4, -0.2) is 42.7 Å². The SMILES string of the molecule is COc1ccc(C(O)CNC(=O)C2CCCN(c3ncccc3C(F)(F)F)C2)cc1. The average Bonchev–Trinajstić information content (AvgIpc) is 2.76. The Morgan fingerprint density at radius 1 is 1.33 bits per heavy atom. The molecule has 0 aliphatic carbocycles. The van der Waals surface area contributed by atoms with Gasteiger partial charge in [-0.15, -0.1) is 0 Å². The summed E-state index contributed by atoms with van der Waals surface area (Å²) in [5, 5.41) is 13.0. The Bertz CT molecular complexity index is 859. The second-order valence-corrected chi connectivity index (χ2v) is 7.19. The Morgan fingerprint density at radius 3 is 2.73 bits per heavy atom. The molecular weight excluding hydrogens is 399 g/mol. The van der Waals surface area contributed by atoms with Crippen LogP contribution in [0.5, 0.6) is 5.75 Å². The first-order chi connectivity index (χ1) is 14.3. The quantitative estimate of drug-likeness (QED) is 0.747. The van der Waals surface area contributed by atoms with Gasteiger partial charge in [-0.25, -0.2) is 4.98 Å². The van der Waals surface area contributed by atoms with Crippen LogP contribution >= 0.6 is 0 Å². The molecule has 6 nitrogen and oxygen atoms in total. The largest absolute Gasteiger partial charge is 0.497 e. The molecule has 9 heteroatoms. The number of anilines is 1. The van der Waals surface area contributed by atoms with Crippen LogP contribution in [0.4, 0.5) is 19.0 Å². The first-order valence-electron chi connectivity index (χ1n) is 9.66. The van der Waals surface area contributed by atoms with Gasteiger partial charge in [0, 0.05) is 25.8 Å². The highest BCUT2D eigenvalue weighted by molar-refractivity contribution is 5.79. The maximum atomic E-state index is 13.3. The summed E-state index contributed by atoms with van der Waals surface area (Å²) in [5.41, 5.74) is -0.175. The zero-order valence-corrected chi connectivity index (χ0v) is 16.5. The molecule has 2 aromatic rings. The number of methoxy groups -OCH3 is 1. The van der Waals surface area contributed by atoms with Crippen LogP contribution < -0.4 is 15.0 Å². The number of aliphatic hydroxyl groups excluding tert-OH is 1. The molecular formula is C21H24F3N3O3. The van der Waals surface area contributed by atoms with Crippen LogP contribution in [0.2, 0.25) is 0 Å². The fourth-order valence-electron chi connectivity index (χ4n) is 3.54. The average molecular weight is 423 g/mol. The summed E-state index contributed by atoms with van der Waals surface area (Å²) in [6.07, 6.45) is -2.95. The number of carbonyl (C=O) groups excluding carboxylic acids is 1. The number of amides is 1. The number of hydrogen-bond acceptors (Lipinski definition) is 5. The maximum Gasteiger partial charge on any atom is 0.419 e. The van der Waals surface area contributed by atoms with Crippen molar-refractivity contribution in [2.75, 3.05) is 31.6 Å². The molecule has 1 aliphatic heterocycles. The lowest BCUT2D eigenvalue weighted by atomic mass is 9.96. The van der Waals surface area contributed by atoms with Crippen LogP contribution in [0, 0.1) is 5.92 Å². The third-order valence-electron chi connectivity index (χ3n) is 5.15. The van der Waals surface area contributed by atoms with Crippen LogP contribution in [0.3, 0.4) is 0 Å². The Morgan fingerprint density at radius 2 is 2.07 bits per heavy atom. The number of piperidine rings is 1. The van der Waals surface area contributed by atoms with E-state index in [1.54, 1.807) is 31.4 Å². The molecule has 162 valence electrons. The molecule has 0 spiro atoms. The summed E-state index contributed by atoms with van der Waals surface area (Å²) in [6.45, 7) is 0.557. The Balaban J connectivity index is 1.61. The van der Waals surface area contributed by atoms with Crippen molar-refractivity contribution in [3.63, 3.8) is 0 Å². The van der Waals surface area contributed by atoms with Crippen LogP contribution in [0.15, 0.2) is 42.6 Å². The topological polar surface area (TPSA) is 74.7 Å². The summed E-state index contributed by atoms with van der Waals surface area (Å²) >= 11 is 0. The third kappa shape index (κ3) is 5.21. The Kier molecular flexibility index (Phi) is 6.81. The summed E-state index contributed by atoms with van der Waals surface area (Å²) in [7, 11) is 1.54. The minimum atomic E-state index is -4.51. The number of hydrogen-bond donors (Lipinski definition) is 2. The summed E-state index contributed by atoms with van der Waals surface area (Å²) in [4.78, 5) is 18.0. The van der Waals surface area contributed by atoms with Gasteiger partial charge in [-0.1, -0.05) is 12.1 Å². The van der Waals surface area contributed by atoms with Gasteiger partial charge in [0.05, 0.1) is 24.7 Å². The zero-order chi connectivity index (χ0) is 21.7. The minimum absolute atomic E-state index is 0.0129. The van der Waals surface area contributed by atoms with Crippen LogP contribution in [0.1, 0.15) is 30.1 Å². The molecule has 1 aliphatic rings. The van der Waals surface area contributed by atoms with Crippen LogP contribution in [-0.2, 0) is 11.0 Å². The van der Waals surface area contributed by atoms with E-state index < -0.39 is 23.8 Å². The lowest BCUT2D eigenvalue weighted by Gasteiger charge is -2.34. The Hall–Kier alpha value is -2.81. The molecule has 0 bridgehead atoms. The van der Waals surface area contributed by atoms with Crippen molar-refractivity contribution in [2.24, 2.45) is 5.92 Å². The molecule has 2 N–H and O–H groups in total. The normalized spacial score (nSPS) is 18.0. The van der Waals surface area contributed by atoms with Gasteiger partial charge in [0.1, 0.15) is 11.6 Å². The third-order valence-corrected chi connectivity index (χ3v) is 5.15. The monoisotopic (exact) mass is 423 g/mol. The molecule has 1 aromatic heterocycles. The van der Waals surface area contributed by atoms with E-state index in [4.69, 9.17) is 4.74 Å². The number of carbonyl (C=O) groups is 1. The number of aromatic nitrogens is 1. The number of halogens is 3. The van der Waals surface area contributed by atoms with Crippen molar-refractivity contribution in [3.05, 3.63) is 53.7 Å². The van der Waals surface area contributed by atoms with Gasteiger partial charge in [0.2, 0.25) is 5.91 Å². The highest BCUT2D eigenvalue weighted by atomic mass is 19.4. The number of pyridine rings is 1. The van der Waals surface area contributed by atoms with Gasteiger partial charge < -0.3 is 20.1 Å². The summed E-state index contributed by atoms with van der Waals surface area (Å²) in [5.74, 6) is -0.271. The van der Waals surface area contributed by atoms with E-state index >= 15 is 0 Å². The number of ether oxygens (including phenoxy) is 1. The second-order valence-electron chi connectivity index (χ2n) is 7.19. The standard InChI is InChI=1S/C21H24F3N3O3/c1-30-16-8-6-14(7-9-16)18(28)12-26-20(29)15-4-3-11-27(13-15)19-17(21(22,23)24)5-2-10-25-19/h2,5-10,15,18,28H,3-4,11-13H2,1H3,(H,26,29). The van der Waals surface area contributed by atoms with Crippen molar-refractivity contribution in [2.45, 2.75) is 25.1 Å². The molecule has 30 heavy (non-hydrogen) atoms. The van der Waals surface area contributed by atoms with Crippen LogP contribution in [0.25, 0.3) is 0 Å². The number of nitrogens with zero attached hydrogens (tertiary/aromatic N) is 2. The first-order valence-corrected chi connectivity index (χ1v) is 9.66. The van der Waals surface area contributed by atoms with Gasteiger partial charge in [-0.05, 0) is 42.7 Å². The van der Waals surface area contributed by atoms with Gasteiger partial charge in [0.15, 0.2) is 0 Å². The molecule has 0 saturated carbocycles. The van der Waals surface area contributed by atoms with E-state index in [1.807, 2.05) is 0 Å². The predicted molar refractivity (Wildman–Crippen MR) is 105 cm³/mol. The van der Waals surface area contributed by atoms with E-state index in [0.29, 0.717) is 30.7 Å². The minimum Gasteiger partial charge on any atom is -0.497 e. The predicted octanol–water partition coefficient (Wildman–Crippen LogP) is 3.18. The summed E-state index contributed by atoms with van der Waals surface area (Å²) < 4.78 is 45.0. The highest BCUT2D eigenvalue weighted by Crippen LogP contribution is 2.36. The molecule has 0 radical (unpaired) electrons. The van der Waals surface area contributed by atoms with E-state index in [0.717, 1.165) is 6.07 Å². The van der Waals surface area contributed by atoms with E-state index in [2.05, 4.69) is 10.3 Å². The smallest absolute Gasteiger partial charge is 0.419 e. The lowest BCUT2D eigenvalue weighted by molar-refractivity contribution is -0.137. The lowest BCUT2D eigenvalue weighted by Crippen LogP contribution is -2.44. The molecule has 2 heterocycles. The van der Waals surface area contributed by atoms with Crippen molar-refractivity contribution >= 4 is 11.7 Å². The van der Waals surface area contributed by atoms with Crippen molar-refractivity contribution in [3.8, 4) is 5.75 Å². The number of rotatable bonds is 6. The molecule has 3 rings (SSSR count). The molecule has 2 atom stereocenters. The first kappa shape index (κ1) is 21.9. The molecule has 2 unspecified atom stereocenters. The molecule has 1 amide bonds. The highest BCUT2D eigenvalue weighted by Gasteiger charge is 2.37. The van der Waals surface area contributed by atoms with Crippen molar-refractivity contribution in [1.82, 2.24) is 10.3 Å². The van der Waals surface area contributed by atoms with E-state index in [-0.39, 0.29) is 24.8 Å². The Labute approximate surface area is 172 Å². The molecule has 1 aromatic carbocycles. The van der Waals surface area contributed by atoms with Crippen molar-refractivity contribution in [1.29, 1.82) is 0 Å². The molecule has 1 fully saturated rings. The summed E-state index contributed by atoms with van der Waals surface area (Å²) in [6, 6.07) is 9.09. The fourth-order valence-corrected chi connectivity index (χ4v) is 3.54. The van der Waals surface area contributed by atoms with Gasteiger partial charge in [-0.2, -0.15) is 13.2 Å². The van der Waals surface area contributed by atoms with Gasteiger partial charge in [-0.3, -0.25) is 4.79 Å². The maximum absolute atomic E-state index is 13.3. The number of alkyl halides is 3. The van der Waals surface area contributed by atoms with Gasteiger partial charge in [0.25, 0.3) is 0 Å². The number of benzene rings is 1. The number of nitrogens with one attached hydrogen (secondary N) is 1. The van der Waals surface area contributed by atoms with E-state index in [1.165, 1.54) is 17.2 Å².